The number of hydrogen-bond donors (Lipinski definition) is 3. The fourth-order valence-electron chi connectivity index (χ4n) is 1.44. The lowest BCUT2D eigenvalue weighted by Crippen LogP contribution is -2.43. The summed E-state index contributed by atoms with van der Waals surface area (Å²) in [6.45, 7) is 6.24. The van der Waals surface area contributed by atoms with Crippen molar-refractivity contribution in [2.45, 2.75) is 39.7 Å². The van der Waals surface area contributed by atoms with Crippen molar-refractivity contribution in [2.24, 2.45) is 0 Å². The summed E-state index contributed by atoms with van der Waals surface area (Å²) < 4.78 is 0. The molecule has 0 heterocycles. The Balaban J connectivity index is 0. The molecule has 0 saturated carbocycles. The van der Waals surface area contributed by atoms with E-state index in [1.165, 1.54) is 6.92 Å². The molecule has 2 amide bonds. The van der Waals surface area contributed by atoms with Gasteiger partial charge < -0.3 is 15.7 Å². The Kier molecular flexibility index (Phi) is 12.8. The zero-order chi connectivity index (χ0) is 16.1. The number of carboxylic acids is 1. The quantitative estimate of drug-likeness (QED) is 0.576. The van der Waals surface area contributed by atoms with Gasteiger partial charge in [-0.1, -0.05) is 6.92 Å². The molecule has 0 aromatic heterocycles. The Morgan fingerprint density at radius 1 is 1.15 bits per heavy atom. The van der Waals surface area contributed by atoms with Crippen LogP contribution in [0.15, 0.2) is 0 Å². The first-order valence-corrected chi connectivity index (χ1v) is 6.66. The number of rotatable bonds is 7. The number of carboxylic acid groups (broad SMARTS) is 1. The fourth-order valence-corrected chi connectivity index (χ4v) is 1.44. The number of carbonyl (C=O) groups is 3. The van der Waals surface area contributed by atoms with Gasteiger partial charge in [-0.2, -0.15) is 0 Å². The standard InChI is InChI=1S/C9H18N2O3.C4H9NO/c1-4-7(11(2)3)9(14)10-6-5-8(12)13;1-3-5-4(2)6/h7H,4-6H2,1-3H3,(H,10,14)(H,12,13);3H2,1-2H3,(H,5,6)/i1+1;1+1,3+1. The van der Waals surface area contributed by atoms with Crippen LogP contribution in [0.3, 0.4) is 0 Å². The maximum Gasteiger partial charge on any atom is 0.305 e. The minimum atomic E-state index is -0.900. The number of carbonyl (C=O) groups excluding carboxylic acids is 2. The van der Waals surface area contributed by atoms with Gasteiger partial charge in [-0.25, -0.2) is 0 Å². The summed E-state index contributed by atoms with van der Waals surface area (Å²) in [6, 6.07) is -0.177. The van der Waals surface area contributed by atoms with Gasteiger partial charge in [-0.3, -0.25) is 19.3 Å². The van der Waals surface area contributed by atoms with Gasteiger partial charge in [0, 0.05) is 20.0 Å². The van der Waals surface area contributed by atoms with Crippen molar-refractivity contribution in [2.75, 3.05) is 27.2 Å². The van der Waals surface area contributed by atoms with Crippen LogP contribution in [-0.4, -0.2) is 61.0 Å². The summed E-state index contributed by atoms with van der Waals surface area (Å²) in [5.74, 6) is -0.973. The number of amides is 2. The molecule has 0 aliphatic carbocycles. The average molecular weight is 292 g/mol. The maximum absolute atomic E-state index is 11.5. The smallest absolute Gasteiger partial charge is 0.305 e. The molecular formula is C13H27N3O4. The van der Waals surface area contributed by atoms with E-state index in [-0.39, 0.29) is 30.8 Å². The summed E-state index contributed by atoms with van der Waals surface area (Å²) >= 11 is 0. The molecule has 1 atom stereocenters. The molecule has 0 aromatic carbocycles. The molecular weight excluding hydrogens is 265 g/mol. The SMILES string of the molecule is CC(=O)N[13CH2][13CH3].CN(C)C(C[13CH3])C(=O)NCCC(=O)O. The van der Waals surface area contributed by atoms with Gasteiger partial charge in [0.2, 0.25) is 11.8 Å². The zero-order valence-corrected chi connectivity index (χ0v) is 13.0. The highest BCUT2D eigenvalue weighted by Gasteiger charge is 2.17. The van der Waals surface area contributed by atoms with Gasteiger partial charge in [-0.15, -0.1) is 0 Å². The van der Waals surface area contributed by atoms with Gasteiger partial charge in [0.15, 0.2) is 0 Å². The van der Waals surface area contributed by atoms with E-state index in [2.05, 4.69) is 10.6 Å². The highest BCUT2D eigenvalue weighted by Crippen LogP contribution is 1.98. The second kappa shape index (κ2) is 12.4. The van der Waals surface area contributed by atoms with Gasteiger partial charge in [0.05, 0.1) is 12.5 Å². The van der Waals surface area contributed by atoms with E-state index in [4.69, 9.17) is 5.11 Å². The van der Waals surface area contributed by atoms with Crippen molar-refractivity contribution in [3.8, 4) is 0 Å². The third kappa shape index (κ3) is 12.8. The summed E-state index contributed by atoms with van der Waals surface area (Å²) in [5.41, 5.74) is 0. The van der Waals surface area contributed by atoms with Crippen LogP contribution in [0, 0.1) is 0 Å². The molecule has 7 heteroatoms. The maximum atomic E-state index is 11.5. The van der Waals surface area contributed by atoms with Gasteiger partial charge in [-0.05, 0) is 27.4 Å². The van der Waals surface area contributed by atoms with E-state index in [1.807, 2.05) is 32.8 Å². The van der Waals surface area contributed by atoms with E-state index in [1.54, 1.807) is 0 Å². The number of hydrogen-bond acceptors (Lipinski definition) is 4. The Labute approximate surface area is 120 Å². The molecule has 0 rings (SSSR count). The fraction of sp³-hybridized carbons (Fsp3) is 0.769. The average Bonchev–Trinajstić information content (AvgIpc) is 2.29. The highest BCUT2D eigenvalue weighted by atomic mass is 16.4. The van der Waals surface area contributed by atoms with Crippen molar-refractivity contribution in [1.29, 1.82) is 0 Å². The van der Waals surface area contributed by atoms with Crippen LogP contribution in [0.2, 0.25) is 0 Å². The number of nitrogens with zero attached hydrogens (tertiary/aromatic N) is 1. The predicted molar refractivity (Wildman–Crippen MR) is 77.4 cm³/mol. The Morgan fingerprint density at radius 2 is 1.70 bits per heavy atom. The molecule has 1 unspecified atom stereocenters. The van der Waals surface area contributed by atoms with E-state index in [9.17, 15) is 14.4 Å². The van der Waals surface area contributed by atoms with Gasteiger partial charge in [0.25, 0.3) is 0 Å². The molecule has 0 aliphatic rings. The van der Waals surface area contributed by atoms with Crippen LogP contribution in [-0.2, 0) is 14.4 Å². The first kappa shape index (κ1) is 20.7. The molecule has 0 saturated heterocycles. The van der Waals surface area contributed by atoms with Crippen molar-refractivity contribution >= 4 is 17.8 Å². The summed E-state index contributed by atoms with van der Waals surface area (Å²) in [4.78, 5) is 33.4. The Bertz CT molecular complexity index is 306. The number of aliphatic carboxylic acids is 1. The molecule has 0 aliphatic heterocycles. The van der Waals surface area contributed by atoms with Gasteiger partial charge >= 0.3 is 5.97 Å². The third-order valence-electron chi connectivity index (χ3n) is 2.38. The summed E-state index contributed by atoms with van der Waals surface area (Å²) in [6.07, 6.45) is 0.682. The monoisotopic (exact) mass is 292 g/mol. The van der Waals surface area contributed by atoms with Crippen molar-refractivity contribution < 1.29 is 19.5 Å². The van der Waals surface area contributed by atoms with Crippen LogP contribution >= 0.6 is 0 Å². The van der Waals surface area contributed by atoms with Crippen LogP contribution in [0.1, 0.15) is 33.6 Å². The van der Waals surface area contributed by atoms with E-state index in [0.29, 0.717) is 6.42 Å². The van der Waals surface area contributed by atoms with Gasteiger partial charge in [0.1, 0.15) is 0 Å². The predicted octanol–water partition coefficient (Wildman–Crippen LogP) is 0.0599. The normalized spacial score (nSPS) is 11.1. The molecule has 0 aromatic rings. The topological polar surface area (TPSA) is 98.7 Å². The van der Waals surface area contributed by atoms with E-state index < -0.39 is 5.97 Å². The zero-order valence-electron chi connectivity index (χ0n) is 13.0. The number of likely N-dealkylation sites (N-methyl/N-ethyl adjacent to an activating group) is 1. The minimum Gasteiger partial charge on any atom is -0.481 e. The lowest BCUT2D eigenvalue weighted by atomic mass is 10.2. The molecule has 118 valence electrons. The van der Waals surface area contributed by atoms with Crippen LogP contribution in [0.4, 0.5) is 0 Å². The minimum absolute atomic E-state index is 0.0321. The van der Waals surface area contributed by atoms with E-state index in [0.717, 1.165) is 6.54 Å². The van der Waals surface area contributed by atoms with E-state index >= 15 is 0 Å². The summed E-state index contributed by atoms with van der Waals surface area (Å²) in [5, 5.41) is 13.5. The highest BCUT2D eigenvalue weighted by molar-refractivity contribution is 5.82. The summed E-state index contributed by atoms with van der Waals surface area (Å²) in [7, 11) is 3.65. The van der Waals surface area contributed by atoms with Crippen LogP contribution in [0.25, 0.3) is 0 Å². The Hall–Kier alpha value is -1.63. The third-order valence-corrected chi connectivity index (χ3v) is 2.38. The number of nitrogens with one attached hydrogen (secondary N) is 2. The molecule has 0 radical (unpaired) electrons. The molecule has 7 nitrogen and oxygen atoms in total. The van der Waals surface area contributed by atoms with Crippen LogP contribution < -0.4 is 10.6 Å². The molecule has 20 heavy (non-hydrogen) atoms. The molecule has 0 bridgehead atoms. The second-order valence-corrected chi connectivity index (χ2v) is 4.41. The molecule has 0 fully saturated rings. The first-order chi connectivity index (χ1) is 9.26. The molecule has 0 spiro atoms. The van der Waals surface area contributed by atoms with Crippen molar-refractivity contribution in [1.82, 2.24) is 15.5 Å². The lowest BCUT2D eigenvalue weighted by molar-refractivity contribution is -0.137. The van der Waals surface area contributed by atoms with Crippen molar-refractivity contribution in [3.05, 3.63) is 0 Å². The second-order valence-electron chi connectivity index (χ2n) is 4.41. The Morgan fingerprint density at radius 3 is 1.95 bits per heavy atom. The molecule has 3 N–H and O–H groups in total. The van der Waals surface area contributed by atoms with Crippen LogP contribution in [0.5, 0.6) is 0 Å². The largest absolute Gasteiger partial charge is 0.481 e. The lowest BCUT2D eigenvalue weighted by Gasteiger charge is -2.21. The van der Waals surface area contributed by atoms with Crippen molar-refractivity contribution in [3.63, 3.8) is 0 Å². The first-order valence-electron chi connectivity index (χ1n) is 6.66.